The molecule has 1 spiro atoms. The lowest BCUT2D eigenvalue weighted by Gasteiger charge is -2.53. The number of hydrogen-bond donors (Lipinski definition) is 2. The Kier molecular flexibility index (Phi) is 7.39. The van der Waals surface area contributed by atoms with Gasteiger partial charge in [0.25, 0.3) is 0 Å². The topological polar surface area (TPSA) is 139 Å². The van der Waals surface area contributed by atoms with Gasteiger partial charge in [-0.2, -0.15) is 9.97 Å². The molecule has 3 fully saturated rings. The van der Waals surface area contributed by atoms with E-state index in [0.717, 1.165) is 23.4 Å². The highest BCUT2D eigenvalue weighted by Crippen LogP contribution is 2.39. The molecule has 3 aliphatic heterocycles. The molecule has 7 rings (SSSR count). The predicted octanol–water partition coefficient (Wildman–Crippen LogP) is 3.27. The van der Waals surface area contributed by atoms with E-state index < -0.39 is 18.1 Å². The summed E-state index contributed by atoms with van der Waals surface area (Å²) in [6.45, 7) is 6.55. The van der Waals surface area contributed by atoms with E-state index in [-0.39, 0.29) is 24.6 Å². The van der Waals surface area contributed by atoms with Gasteiger partial charge in [0, 0.05) is 25.4 Å². The minimum atomic E-state index is -0.962. The number of carboxylic acid groups (broad SMARTS) is 1. The van der Waals surface area contributed by atoms with Crippen molar-refractivity contribution in [2.75, 3.05) is 42.7 Å². The molecule has 44 heavy (non-hydrogen) atoms. The largest absolute Gasteiger partial charge is 0.480 e. The number of rotatable bonds is 8. The van der Waals surface area contributed by atoms with Crippen LogP contribution in [0.1, 0.15) is 30.3 Å². The van der Waals surface area contributed by atoms with E-state index in [4.69, 9.17) is 19.2 Å². The second kappa shape index (κ2) is 11.5. The number of anilines is 2. The van der Waals surface area contributed by atoms with Gasteiger partial charge < -0.3 is 34.1 Å². The van der Waals surface area contributed by atoms with Gasteiger partial charge in [0.05, 0.1) is 38.1 Å². The Morgan fingerprint density at radius 1 is 1.11 bits per heavy atom. The molecular formula is C32H35N7O5. The fourth-order valence-electron chi connectivity index (χ4n) is 6.29. The number of pyridine rings is 1. The second-order valence-electron chi connectivity index (χ2n) is 11.7. The molecule has 0 bridgehead atoms. The summed E-state index contributed by atoms with van der Waals surface area (Å²) in [6, 6.07) is 15.3. The first-order valence-electron chi connectivity index (χ1n) is 14.9. The number of H-pyrrole nitrogens is 1. The molecule has 1 aromatic carbocycles. The molecule has 3 aliphatic rings. The number of carbonyl (C=O) groups is 1. The zero-order valence-corrected chi connectivity index (χ0v) is 24.7. The van der Waals surface area contributed by atoms with E-state index in [0.29, 0.717) is 49.8 Å². The average molecular weight is 598 g/mol. The van der Waals surface area contributed by atoms with Crippen LogP contribution in [0, 0.1) is 6.92 Å². The molecule has 0 unspecified atom stereocenters. The number of benzene rings is 1. The Labute approximate surface area is 255 Å². The summed E-state index contributed by atoms with van der Waals surface area (Å²) >= 11 is 0. The molecule has 2 N–H and O–H groups in total. The van der Waals surface area contributed by atoms with E-state index in [1.165, 1.54) is 5.56 Å². The Hall–Kier alpha value is -4.55. The first-order valence-corrected chi connectivity index (χ1v) is 14.9. The minimum Gasteiger partial charge on any atom is -0.480 e. The van der Waals surface area contributed by atoms with Gasteiger partial charge in [-0.15, -0.1) is 0 Å². The SMILES string of the molecule is Cc1nc(-c2ccc[nH]2)nc(N2C[C@@H](Oc3ncc(Cc4ccccc4)cc3N3CCOC4(COC4)[C@@H]3C)C[C@H]2C(=O)O)n1. The van der Waals surface area contributed by atoms with Crippen LogP contribution in [0.4, 0.5) is 11.6 Å². The number of aromatic nitrogens is 5. The monoisotopic (exact) mass is 597 g/mol. The molecule has 0 radical (unpaired) electrons. The zero-order chi connectivity index (χ0) is 30.3. The van der Waals surface area contributed by atoms with Gasteiger partial charge in [-0.1, -0.05) is 30.3 Å². The van der Waals surface area contributed by atoms with E-state index in [1.54, 1.807) is 18.0 Å². The number of nitrogens with zero attached hydrogens (tertiary/aromatic N) is 6. The molecule has 6 heterocycles. The van der Waals surface area contributed by atoms with Crippen LogP contribution in [-0.4, -0.2) is 92.7 Å². The first kappa shape index (κ1) is 28.2. The van der Waals surface area contributed by atoms with Crippen molar-refractivity contribution in [3.63, 3.8) is 0 Å². The van der Waals surface area contributed by atoms with E-state index >= 15 is 0 Å². The van der Waals surface area contributed by atoms with Crippen LogP contribution in [0.5, 0.6) is 5.88 Å². The Morgan fingerprint density at radius 2 is 1.95 bits per heavy atom. The number of morpholine rings is 1. The van der Waals surface area contributed by atoms with Crippen molar-refractivity contribution in [3.05, 3.63) is 77.9 Å². The van der Waals surface area contributed by atoms with E-state index in [2.05, 4.69) is 50.0 Å². The fraction of sp³-hybridized carbons (Fsp3) is 0.406. The highest BCUT2D eigenvalue weighted by atomic mass is 16.6. The average Bonchev–Trinajstić information content (AvgIpc) is 3.69. The maximum Gasteiger partial charge on any atom is 0.326 e. The standard InChI is InChI=1S/C32H35N7O5/c1-20-32(18-42-19-32)43-12-11-38(20)26-14-23(13-22-7-4-3-5-8-22)16-34-29(26)44-24-15-27(30(40)41)39(17-24)31-36-21(2)35-28(37-31)25-9-6-10-33-25/h3-10,14,16,20,24,27,33H,11-13,15,17-19H2,1-2H3,(H,40,41)/t20-,24-,27-/m0/s1. The number of aromatic amines is 1. The van der Waals surface area contributed by atoms with Crippen molar-refractivity contribution in [1.82, 2.24) is 24.9 Å². The third-order valence-corrected chi connectivity index (χ3v) is 8.75. The molecule has 3 atom stereocenters. The van der Waals surface area contributed by atoms with Gasteiger partial charge >= 0.3 is 5.97 Å². The van der Waals surface area contributed by atoms with E-state index in [1.807, 2.05) is 36.5 Å². The summed E-state index contributed by atoms with van der Waals surface area (Å²) < 4.78 is 18.3. The van der Waals surface area contributed by atoms with Crippen LogP contribution in [0.25, 0.3) is 11.5 Å². The molecule has 228 valence electrons. The zero-order valence-electron chi connectivity index (χ0n) is 24.7. The summed E-state index contributed by atoms with van der Waals surface area (Å²) in [6.07, 6.45) is 4.16. The first-order chi connectivity index (χ1) is 21.4. The third-order valence-electron chi connectivity index (χ3n) is 8.75. The summed E-state index contributed by atoms with van der Waals surface area (Å²) in [7, 11) is 0. The van der Waals surface area contributed by atoms with Crippen molar-refractivity contribution < 1.29 is 24.1 Å². The Bertz CT molecular complexity index is 1630. The van der Waals surface area contributed by atoms with Crippen LogP contribution in [0.15, 0.2) is 60.9 Å². The van der Waals surface area contributed by atoms with Crippen LogP contribution >= 0.6 is 0 Å². The van der Waals surface area contributed by atoms with Crippen molar-refractivity contribution >= 4 is 17.6 Å². The highest BCUT2D eigenvalue weighted by Gasteiger charge is 2.50. The summed E-state index contributed by atoms with van der Waals surface area (Å²) in [5, 5.41) is 10.2. The lowest BCUT2D eigenvalue weighted by Crippen LogP contribution is -2.68. The number of hydrogen-bond acceptors (Lipinski definition) is 10. The summed E-state index contributed by atoms with van der Waals surface area (Å²) in [5.41, 5.74) is 3.49. The molecule has 3 saturated heterocycles. The lowest BCUT2D eigenvalue weighted by atomic mass is 9.90. The van der Waals surface area contributed by atoms with Crippen molar-refractivity contribution in [1.29, 1.82) is 0 Å². The number of aliphatic carboxylic acids is 1. The van der Waals surface area contributed by atoms with Gasteiger partial charge in [-0.3, -0.25) is 0 Å². The van der Waals surface area contributed by atoms with Crippen molar-refractivity contribution in [3.8, 4) is 17.4 Å². The van der Waals surface area contributed by atoms with Crippen LogP contribution in [0.3, 0.4) is 0 Å². The maximum absolute atomic E-state index is 12.4. The minimum absolute atomic E-state index is 0.0348. The molecule has 0 aliphatic carbocycles. The number of ether oxygens (including phenoxy) is 3. The van der Waals surface area contributed by atoms with Crippen molar-refractivity contribution in [2.45, 2.75) is 50.5 Å². The molecule has 0 saturated carbocycles. The smallest absolute Gasteiger partial charge is 0.326 e. The number of aryl methyl sites for hydroxylation is 1. The van der Waals surface area contributed by atoms with Gasteiger partial charge in [0.1, 0.15) is 29.3 Å². The Morgan fingerprint density at radius 3 is 2.68 bits per heavy atom. The van der Waals surface area contributed by atoms with Gasteiger partial charge in [0.15, 0.2) is 5.82 Å². The van der Waals surface area contributed by atoms with Crippen LogP contribution in [-0.2, 0) is 20.7 Å². The third kappa shape index (κ3) is 5.35. The molecule has 4 aromatic rings. The van der Waals surface area contributed by atoms with Crippen molar-refractivity contribution in [2.24, 2.45) is 0 Å². The summed E-state index contributed by atoms with van der Waals surface area (Å²) in [5.74, 6) is 0.776. The maximum atomic E-state index is 12.4. The molecule has 3 aromatic heterocycles. The van der Waals surface area contributed by atoms with E-state index in [9.17, 15) is 9.90 Å². The van der Waals surface area contributed by atoms with Gasteiger partial charge in [-0.25, -0.2) is 14.8 Å². The Balaban J connectivity index is 1.19. The van der Waals surface area contributed by atoms with Gasteiger partial charge in [0.2, 0.25) is 11.8 Å². The quantitative estimate of drug-likeness (QED) is 0.309. The molecular weight excluding hydrogens is 562 g/mol. The second-order valence-corrected chi connectivity index (χ2v) is 11.7. The molecule has 0 amide bonds. The number of nitrogens with one attached hydrogen (secondary N) is 1. The van der Waals surface area contributed by atoms with Crippen LogP contribution in [0.2, 0.25) is 0 Å². The highest BCUT2D eigenvalue weighted by molar-refractivity contribution is 5.78. The van der Waals surface area contributed by atoms with Crippen LogP contribution < -0.4 is 14.5 Å². The summed E-state index contributed by atoms with van der Waals surface area (Å²) in [4.78, 5) is 37.9. The lowest BCUT2D eigenvalue weighted by molar-refractivity contribution is -0.228. The predicted molar refractivity (Wildman–Crippen MR) is 162 cm³/mol. The molecule has 12 nitrogen and oxygen atoms in total. The van der Waals surface area contributed by atoms with Gasteiger partial charge in [-0.05, 0) is 49.6 Å². The number of carboxylic acids is 1. The fourth-order valence-corrected chi connectivity index (χ4v) is 6.29. The molecule has 12 heteroatoms. The normalized spacial score (nSPS) is 22.6.